The Hall–Kier alpha value is -1.17. The number of rotatable bonds is 5. The van der Waals surface area contributed by atoms with Crippen LogP contribution in [0.5, 0.6) is 0 Å². The molecule has 1 unspecified atom stereocenters. The fraction of sp³-hybridized carbons (Fsp3) is 0.611. The highest BCUT2D eigenvalue weighted by atomic mass is 28.4. The second kappa shape index (κ2) is 6.75. The third-order valence-electron chi connectivity index (χ3n) is 5.10. The first-order valence-electron chi connectivity index (χ1n) is 8.42. The summed E-state index contributed by atoms with van der Waals surface area (Å²) < 4.78 is 6.20. The second-order valence-electron chi connectivity index (χ2n) is 7.89. The Labute approximate surface area is 141 Å². The van der Waals surface area contributed by atoms with Gasteiger partial charge in [-0.3, -0.25) is 4.79 Å². The molecule has 0 saturated heterocycles. The SMILES string of the molecule is CC(C)(C)[Si](C)(C)OCCCN1C(=O)C(N)Cc2ccccc21. The molecule has 128 valence electrons. The number of para-hydroxylation sites is 1. The van der Waals surface area contributed by atoms with Crippen molar-refractivity contribution < 1.29 is 9.22 Å². The van der Waals surface area contributed by atoms with Crippen LogP contribution in [-0.4, -0.2) is 33.4 Å². The molecule has 0 fully saturated rings. The Bertz CT molecular complexity index is 566. The van der Waals surface area contributed by atoms with E-state index in [1.165, 1.54) is 0 Å². The second-order valence-corrected chi connectivity index (χ2v) is 12.7. The first-order chi connectivity index (χ1) is 10.6. The topological polar surface area (TPSA) is 55.6 Å². The van der Waals surface area contributed by atoms with Gasteiger partial charge in [0.2, 0.25) is 5.91 Å². The maximum Gasteiger partial charge on any atom is 0.244 e. The number of fused-ring (bicyclic) bond motifs is 1. The average molecular weight is 335 g/mol. The maximum atomic E-state index is 12.4. The van der Waals surface area contributed by atoms with Crippen molar-refractivity contribution in [1.82, 2.24) is 0 Å². The number of carbonyl (C=O) groups is 1. The lowest BCUT2D eigenvalue weighted by atomic mass is 9.97. The van der Waals surface area contributed by atoms with Crippen LogP contribution in [0.2, 0.25) is 18.1 Å². The van der Waals surface area contributed by atoms with Gasteiger partial charge in [0, 0.05) is 18.8 Å². The first kappa shape index (κ1) is 18.2. The minimum absolute atomic E-state index is 0.0241. The largest absolute Gasteiger partial charge is 0.417 e. The van der Waals surface area contributed by atoms with Gasteiger partial charge < -0.3 is 15.1 Å². The van der Waals surface area contributed by atoms with E-state index < -0.39 is 14.4 Å². The summed E-state index contributed by atoms with van der Waals surface area (Å²) in [5.74, 6) is 0.0241. The van der Waals surface area contributed by atoms with Gasteiger partial charge in [-0.05, 0) is 42.6 Å². The van der Waals surface area contributed by atoms with Crippen LogP contribution in [0, 0.1) is 0 Å². The molecule has 0 saturated carbocycles. The number of hydrogen-bond donors (Lipinski definition) is 1. The van der Waals surface area contributed by atoms with E-state index in [-0.39, 0.29) is 10.9 Å². The molecule has 1 heterocycles. The van der Waals surface area contributed by atoms with Crippen LogP contribution >= 0.6 is 0 Å². The Balaban J connectivity index is 1.97. The van der Waals surface area contributed by atoms with Crippen LogP contribution in [0.3, 0.4) is 0 Å². The van der Waals surface area contributed by atoms with Gasteiger partial charge in [-0.2, -0.15) is 0 Å². The third-order valence-corrected chi connectivity index (χ3v) is 9.64. The highest BCUT2D eigenvalue weighted by Gasteiger charge is 2.37. The molecule has 1 amide bonds. The van der Waals surface area contributed by atoms with Gasteiger partial charge in [0.25, 0.3) is 0 Å². The maximum absolute atomic E-state index is 12.4. The minimum Gasteiger partial charge on any atom is -0.417 e. The summed E-state index contributed by atoms with van der Waals surface area (Å²) in [5.41, 5.74) is 8.16. The smallest absolute Gasteiger partial charge is 0.244 e. The van der Waals surface area contributed by atoms with E-state index in [4.69, 9.17) is 10.2 Å². The van der Waals surface area contributed by atoms with Crippen LogP contribution in [0.25, 0.3) is 0 Å². The number of carbonyl (C=O) groups excluding carboxylic acids is 1. The number of benzene rings is 1. The van der Waals surface area contributed by atoms with Gasteiger partial charge in [0.1, 0.15) is 0 Å². The Morgan fingerprint density at radius 2 is 1.96 bits per heavy atom. The molecule has 2 N–H and O–H groups in total. The summed E-state index contributed by atoms with van der Waals surface area (Å²) in [6.45, 7) is 12.6. The predicted molar refractivity (Wildman–Crippen MR) is 98.2 cm³/mol. The van der Waals surface area contributed by atoms with Crippen molar-refractivity contribution in [2.75, 3.05) is 18.1 Å². The fourth-order valence-corrected chi connectivity index (χ4v) is 3.67. The van der Waals surface area contributed by atoms with Gasteiger partial charge in [-0.25, -0.2) is 0 Å². The number of nitrogens with two attached hydrogens (primary N) is 1. The molecule has 0 aliphatic carbocycles. The summed E-state index contributed by atoms with van der Waals surface area (Å²) in [6.07, 6.45) is 1.46. The van der Waals surface area contributed by atoms with Crippen molar-refractivity contribution in [3.63, 3.8) is 0 Å². The molecule has 0 radical (unpaired) electrons. The molecule has 1 aromatic carbocycles. The summed E-state index contributed by atoms with van der Waals surface area (Å²) in [7, 11) is -1.72. The van der Waals surface area contributed by atoms with E-state index in [2.05, 4.69) is 39.9 Å². The molecule has 2 rings (SSSR count). The average Bonchev–Trinajstić information content (AvgIpc) is 2.45. The van der Waals surface area contributed by atoms with Crippen LogP contribution in [-0.2, 0) is 15.6 Å². The normalized spacial score (nSPS) is 19.0. The molecule has 1 atom stereocenters. The molecule has 1 aromatic rings. The lowest BCUT2D eigenvalue weighted by Crippen LogP contribution is -2.49. The molecule has 0 bridgehead atoms. The first-order valence-corrected chi connectivity index (χ1v) is 11.3. The summed E-state index contributed by atoms with van der Waals surface area (Å²) >= 11 is 0. The molecule has 4 nitrogen and oxygen atoms in total. The zero-order valence-electron chi connectivity index (χ0n) is 15.1. The summed E-state index contributed by atoms with van der Waals surface area (Å²) in [4.78, 5) is 14.2. The molecule has 23 heavy (non-hydrogen) atoms. The number of anilines is 1. The lowest BCUT2D eigenvalue weighted by molar-refractivity contribution is -0.120. The molecule has 1 aliphatic heterocycles. The van der Waals surface area contributed by atoms with E-state index in [1.54, 1.807) is 0 Å². The zero-order valence-corrected chi connectivity index (χ0v) is 16.1. The van der Waals surface area contributed by atoms with Crippen molar-refractivity contribution in [2.45, 2.75) is 57.8 Å². The Morgan fingerprint density at radius 3 is 2.61 bits per heavy atom. The van der Waals surface area contributed by atoms with Gasteiger partial charge in [-0.15, -0.1) is 0 Å². The van der Waals surface area contributed by atoms with E-state index in [0.717, 1.165) is 17.7 Å². The van der Waals surface area contributed by atoms with Crippen LogP contribution in [0.4, 0.5) is 5.69 Å². The lowest BCUT2D eigenvalue weighted by Gasteiger charge is -2.37. The van der Waals surface area contributed by atoms with E-state index in [9.17, 15) is 4.79 Å². The minimum atomic E-state index is -1.72. The molecule has 0 aromatic heterocycles. The van der Waals surface area contributed by atoms with Gasteiger partial charge >= 0.3 is 0 Å². The van der Waals surface area contributed by atoms with E-state index in [1.807, 2.05) is 23.1 Å². The van der Waals surface area contributed by atoms with Crippen LogP contribution < -0.4 is 10.6 Å². The fourth-order valence-electron chi connectivity index (χ4n) is 2.59. The van der Waals surface area contributed by atoms with Crippen molar-refractivity contribution in [2.24, 2.45) is 5.73 Å². The Kier molecular flexibility index (Phi) is 5.33. The van der Waals surface area contributed by atoms with Gasteiger partial charge in [-0.1, -0.05) is 39.0 Å². The molecular formula is C18H30N2O2Si. The summed E-state index contributed by atoms with van der Waals surface area (Å²) in [5, 5.41) is 0.211. The zero-order chi connectivity index (χ0) is 17.3. The van der Waals surface area contributed by atoms with Crippen molar-refractivity contribution in [3.8, 4) is 0 Å². The van der Waals surface area contributed by atoms with E-state index in [0.29, 0.717) is 19.6 Å². The molecule has 5 heteroatoms. The van der Waals surface area contributed by atoms with Gasteiger partial charge in [0.15, 0.2) is 8.32 Å². The molecular weight excluding hydrogens is 304 g/mol. The van der Waals surface area contributed by atoms with E-state index >= 15 is 0 Å². The molecule has 1 aliphatic rings. The number of nitrogens with zero attached hydrogens (tertiary/aromatic N) is 1. The quantitative estimate of drug-likeness (QED) is 0.664. The van der Waals surface area contributed by atoms with Crippen molar-refractivity contribution in [1.29, 1.82) is 0 Å². The monoisotopic (exact) mass is 334 g/mol. The Morgan fingerprint density at radius 1 is 1.30 bits per heavy atom. The standard InChI is InChI=1S/C18H30N2O2Si/c1-18(2,3)23(4,5)22-12-8-11-20-16-10-7-6-9-14(16)13-15(19)17(20)21/h6-7,9-10,15H,8,11-13,19H2,1-5H3. The highest BCUT2D eigenvalue weighted by molar-refractivity contribution is 6.74. The number of hydrogen-bond acceptors (Lipinski definition) is 3. The summed E-state index contributed by atoms with van der Waals surface area (Å²) in [6, 6.07) is 7.61. The third kappa shape index (κ3) is 4.02. The van der Waals surface area contributed by atoms with Gasteiger partial charge in [0.05, 0.1) is 6.04 Å². The number of amides is 1. The predicted octanol–water partition coefficient (Wildman–Crippen LogP) is 3.31. The van der Waals surface area contributed by atoms with Crippen LogP contribution in [0.15, 0.2) is 24.3 Å². The van der Waals surface area contributed by atoms with Crippen molar-refractivity contribution >= 4 is 19.9 Å². The molecule has 0 spiro atoms. The van der Waals surface area contributed by atoms with Crippen LogP contribution in [0.1, 0.15) is 32.8 Å². The highest BCUT2D eigenvalue weighted by Crippen LogP contribution is 2.36. The van der Waals surface area contributed by atoms with Crippen molar-refractivity contribution in [3.05, 3.63) is 29.8 Å².